The van der Waals surface area contributed by atoms with Crippen LogP contribution in [0, 0.1) is 5.92 Å². The Kier molecular flexibility index (Phi) is 4.67. The number of hydrogen-bond acceptors (Lipinski definition) is 6. The molecule has 1 amide bonds. The Morgan fingerprint density at radius 1 is 1.03 bits per heavy atom. The Hall–Kier alpha value is -3.29. The lowest BCUT2D eigenvalue weighted by Gasteiger charge is -2.37. The number of benzene rings is 1. The summed E-state index contributed by atoms with van der Waals surface area (Å²) in [6.45, 7) is 2.36. The monoisotopic (exact) mass is 389 g/mol. The van der Waals surface area contributed by atoms with Gasteiger partial charge in [-0.3, -0.25) is 4.79 Å². The molecule has 1 aromatic carbocycles. The number of aromatic nitrogens is 5. The summed E-state index contributed by atoms with van der Waals surface area (Å²) in [5.41, 5.74) is 2.35. The van der Waals surface area contributed by atoms with Crippen LogP contribution in [0.15, 0.2) is 49.3 Å². The Bertz CT molecular complexity index is 1000. The molecule has 1 atom stereocenters. The van der Waals surface area contributed by atoms with Crippen LogP contribution in [0.5, 0.6) is 0 Å². The number of amides is 1. The lowest BCUT2D eigenvalue weighted by atomic mass is 9.94. The summed E-state index contributed by atoms with van der Waals surface area (Å²) >= 11 is 0. The zero-order valence-electron chi connectivity index (χ0n) is 16.2. The number of anilines is 2. The topological polar surface area (TPSA) is 80.0 Å². The maximum absolute atomic E-state index is 13.4. The molecular weight excluding hydrogens is 366 g/mol. The molecule has 29 heavy (non-hydrogen) atoms. The number of piperidine rings is 1. The standard InChI is InChI=1S/C21H23N7O/c29-21(27-10-4-6-16-5-1-2-8-18(16)27)17-7-3-9-26(12-17)19-11-20(24-14-23-19)28-15-22-13-25-28/h1-2,5,8,11,13-15,17H,3-4,6-7,9-10,12H2. The third-order valence-corrected chi connectivity index (χ3v) is 5.76. The normalized spacial score (nSPS) is 19.1. The second kappa shape index (κ2) is 7.62. The number of carbonyl (C=O) groups is 1. The van der Waals surface area contributed by atoms with Gasteiger partial charge in [0.05, 0.1) is 5.92 Å². The van der Waals surface area contributed by atoms with Gasteiger partial charge in [0.15, 0.2) is 5.82 Å². The van der Waals surface area contributed by atoms with Gasteiger partial charge < -0.3 is 9.80 Å². The quantitative estimate of drug-likeness (QED) is 0.684. The molecule has 0 spiro atoms. The zero-order chi connectivity index (χ0) is 19.6. The molecule has 0 radical (unpaired) electrons. The number of hydrogen-bond donors (Lipinski definition) is 0. The summed E-state index contributed by atoms with van der Waals surface area (Å²) in [5.74, 6) is 1.69. The number of nitrogens with zero attached hydrogens (tertiary/aromatic N) is 7. The molecule has 8 nitrogen and oxygen atoms in total. The van der Waals surface area contributed by atoms with Gasteiger partial charge in [0.2, 0.25) is 5.91 Å². The summed E-state index contributed by atoms with van der Waals surface area (Å²) in [5, 5.41) is 4.13. The van der Waals surface area contributed by atoms with E-state index in [-0.39, 0.29) is 11.8 Å². The number of fused-ring (bicyclic) bond motifs is 1. The largest absolute Gasteiger partial charge is 0.356 e. The second-order valence-corrected chi connectivity index (χ2v) is 7.58. The fourth-order valence-electron chi connectivity index (χ4n) is 4.33. The maximum Gasteiger partial charge on any atom is 0.231 e. The summed E-state index contributed by atoms with van der Waals surface area (Å²) in [7, 11) is 0. The van der Waals surface area contributed by atoms with Crippen molar-refractivity contribution in [2.24, 2.45) is 5.92 Å². The Balaban J connectivity index is 1.35. The molecule has 0 saturated carbocycles. The average Bonchev–Trinajstić information content (AvgIpc) is 3.33. The van der Waals surface area contributed by atoms with Gasteiger partial charge in [-0.15, -0.1) is 0 Å². The average molecular weight is 389 g/mol. The van der Waals surface area contributed by atoms with E-state index in [1.807, 2.05) is 17.0 Å². The number of carbonyl (C=O) groups excluding carboxylic acids is 1. The Morgan fingerprint density at radius 2 is 1.93 bits per heavy atom. The summed E-state index contributed by atoms with van der Waals surface area (Å²) < 4.78 is 1.61. The molecule has 1 fully saturated rings. The molecule has 0 bridgehead atoms. The number of para-hydroxylation sites is 1. The van der Waals surface area contributed by atoms with E-state index in [1.54, 1.807) is 17.3 Å². The van der Waals surface area contributed by atoms with Crippen molar-refractivity contribution in [2.75, 3.05) is 29.4 Å². The zero-order valence-corrected chi connectivity index (χ0v) is 16.2. The predicted octanol–water partition coefficient (Wildman–Crippen LogP) is 2.25. The van der Waals surface area contributed by atoms with Crippen LogP contribution >= 0.6 is 0 Å². The van der Waals surface area contributed by atoms with Crippen molar-refractivity contribution in [3.05, 3.63) is 54.9 Å². The first-order chi connectivity index (χ1) is 14.3. The smallest absolute Gasteiger partial charge is 0.231 e. The Morgan fingerprint density at radius 3 is 2.83 bits per heavy atom. The van der Waals surface area contributed by atoms with Crippen molar-refractivity contribution in [2.45, 2.75) is 25.7 Å². The second-order valence-electron chi connectivity index (χ2n) is 7.58. The minimum Gasteiger partial charge on any atom is -0.356 e. The Labute approximate surface area is 169 Å². The third kappa shape index (κ3) is 3.46. The van der Waals surface area contributed by atoms with Crippen molar-refractivity contribution >= 4 is 17.4 Å². The van der Waals surface area contributed by atoms with E-state index in [4.69, 9.17) is 0 Å². The molecule has 0 N–H and O–H groups in total. The molecule has 4 heterocycles. The number of aryl methyl sites for hydroxylation is 1. The molecule has 0 aliphatic carbocycles. The van der Waals surface area contributed by atoms with Crippen LogP contribution in [-0.4, -0.2) is 50.3 Å². The third-order valence-electron chi connectivity index (χ3n) is 5.76. The van der Waals surface area contributed by atoms with Gasteiger partial charge in [0, 0.05) is 31.4 Å². The summed E-state index contributed by atoms with van der Waals surface area (Å²) in [6.07, 6.45) is 8.58. The summed E-state index contributed by atoms with van der Waals surface area (Å²) in [4.78, 5) is 30.3. The van der Waals surface area contributed by atoms with Gasteiger partial charge in [-0.1, -0.05) is 18.2 Å². The van der Waals surface area contributed by atoms with Crippen molar-refractivity contribution in [3.8, 4) is 5.82 Å². The molecule has 2 aliphatic heterocycles. The van der Waals surface area contributed by atoms with Gasteiger partial charge >= 0.3 is 0 Å². The van der Waals surface area contributed by atoms with Gasteiger partial charge in [0.25, 0.3) is 0 Å². The van der Waals surface area contributed by atoms with E-state index >= 15 is 0 Å². The molecule has 148 valence electrons. The van der Waals surface area contributed by atoms with E-state index in [9.17, 15) is 4.79 Å². The van der Waals surface area contributed by atoms with Crippen molar-refractivity contribution in [1.82, 2.24) is 24.7 Å². The van der Waals surface area contributed by atoms with E-state index in [0.29, 0.717) is 12.4 Å². The van der Waals surface area contributed by atoms with Crippen LogP contribution in [-0.2, 0) is 11.2 Å². The predicted molar refractivity (Wildman–Crippen MR) is 109 cm³/mol. The van der Waals surface area contributed by atoms with Crippen molar-refractivity contribution < 1.29 is 4.79 Å². The highest BCUT2D eigenvalue weighted by molar-refractivity contribution is 5.96. The van der Waals surface area contributed by atoms with Crippen LogP contribution < -0.4 is 9.80 Å². The highest BCUT2D eigenvalue weighted by Crippen LogP contribution is 2.30. The first-order valence-electron chi connectivity index (χ1n) is 10.1. The lowest BCUT2D eigenvalue weighted by molar-refractivity contribution is -0.122. The molecule has 1 saturated heterocycles. The van der Waals surface area contributed by atoms with E-state index < -0.39 is 0 Å². The van der Waals surface area contributed by atoms with Crippen LogP contribution in [0.1, 0.15) is 24.8 Å². The molecular formula is C21H23N7O. The molecule has 3 aromatic rings. The first-order valence-corrected chi connectivity index (χ1v) is 10.1. The lowest BCUT2D eigenvalue weighted by Crippen LogP contribution is -2.46. The minimum absolute atomic E-state index is 0.0281. The fourth-order valence-corrected chi connectivity index (χ4v) is 4.33. The fraction of sp³-hybridized carbons (Fsp3) is 0.381. The van der Waals surface area contributed by atoms with Crippen molar-refractivity contribution in [3.63, 3.8) is 0 Å². The van der Waals surface area contributed by atoms with Crippen LogP contribution in [0.25, 0.3) is 5.82 Å². The van der Waals surface area contributed by atoms with E-state index in [0.717, 1.165) is 50.3 Å². The van der Waals surface area contributed by atoms with Crippen molar-refractivity contribution in [1.29, 1.82) is 0 Å². The first kappa shape index (κ1) is 17.8. The van der Waals surface area contributed by atoms with Crippen LogP contribution in [0.4, 0.5) is 11.5 Å². The maximum atomic E-state index is 13.4. The van der Waals surface area contributed by atoms with Gasteiger partial charge in [-0.2, -0.15) is 5.10 Å². The van der Waals surface area contributed by atoms with Gasteiger partial charge in [-0.05, 0) is 37.3 Å². The summed E-state index contributed by atoms with van der Waals surface area (Å²) in [6, 6.07) is 10.2. The van der Waals surface area contributed by atoms with E-state index in [1.165, 1.54) is 11.9 Å². The molecule has 2 aromatic heterocycles. The van der Waals surface area contributed by atoms with Gasteiger partial charge in [-0.25, -0.2) is 19.6 Å². The highest BCUT2D eigenvalue weighted by Gasteiger charge is 2.32. The SMILES string of the molecule is O=C(C1CCCN(c2cc(-n3cncn3)ncn2)C1)N1CCCc2ccccc21. The highest BCUT2D eigenvalue weighted by atomic mass is 16.2. The molecule has 5 rings (SSSR count). The van der Waals surface area contributed by atoms with Gasteiger partial charge in [0.1, 0.15) is 24.8 Å². The van der Waals surface area contributed by atoms with E-state index in [2.05, 4.69) is 43.1 Å². The molecule has 1 unspecified atom stereocenters. The minimum atomic E-state index is -0.0281. The molecule has 8 heteroatoms. The van der Waals surface area contributed by atoms with Crippen LogP contribution in [0.2, 0.25) is 0 Å². The number of rotatable bonds is 3. The van der Waals surface area contributed by atoms with Crippen LogP contribution in [0.3, 0.4) is 0 Å². The molecule has 2 aliphatic rings.